The van der Waals surface area contributed by atoms with Gasteiger partial charge in [-0.3, -0.25) is 13.9 Å². The van der Waals surface area contributed by atoms with Crippen molar-refractivity contribution in [2.75, 3.05) is 36.1 Å². The van der Waals surface area contributed by atoms with Gasteiger partial charge in [-0.1, -0.05) is 12.1 Å². The van der Waals surface area contributed by atoms with E-state index < -0.39 is 22.0 Å². The number of carbonyl (C=O) groups is 2. The van der Waals surface area contributed by atoms with E-state index in [2.05, 4.69) is 10.6 Å². The highest BCUT2D eigenvalue weighted by Gasteiger charge is 2.21. The Morgan fingerprint density at radius 2 is 1.88 bits per heavy atom. The van der Waals surface area contributed by atoms with Crippen LogP contribution in [0.25, 0.3) is 0 Å². The predicted octanol–water partition coefficient (Wildman–Crippen LogP) is 2.40. The molecule has 1 fully saturated rings. The summed E-state index contributed by atoms with van der Waals surface area (Å²) < 4.78 is 35.7. The van der Waals surface area contributed by atoms with Gasteiger partial charge in [-0.25, -0.2) is 8.42 Å². The second kappa shape index (κ2) is 10.7. The zero-order valence-electron chi connectivity index (χ0n) is 18.9. The van der Waals surface area contributed by atoms with Crippen LogP contribution in [0.15, 0.2) is 48.5 Å². The van der Waals surface area contributed by atoms with Crippen molar-refractivity contribution in [3.8, 4) is 5.75 Å². The van der Waals surface area contributed by atoms with Gasteiger partial charge in [0.1, 0.15) is 5.75 Å². The van der Waals surface area contributed by atoms with Gasteiger partial charge in [-0.15, -0.1) is 0 Å². The van der Waals surface area contributed by atoms with Crippen molar-refractivity contribution in [2.45, 2.75) is 32.0 Å². The number of sulfonamides is 1. The van der Waals surface area contributed by atoms with Gasteiger partial charge in [0.25, 0.3) is 11.8 Å². The zero-order chi connectivity index (χ0) is 24.0. The number of amides is 2. The number of para-hydroxylation sites is 1. The Labute approximate surface area is 194 Å². The molecule has 2 aromatic rings. The number of benzene rings is 2. The van der Waals surface area contributed by atoms with Crippen LogP contribution in [0.4, 0.5) is 11.4 Å². The van der Waals surface area contributed by atoms with Gasteiger partial charge in [-0.2, -0.15) is 0 Å². The second-order valence-corrected chi connectivity index (χ2v) is 9.88. The van der Waals surface area contributed by atoms with E-state index in [4.69, 9.17) is 9.47 Å². The molecular weight excluding hydrogens is 446 g/mol. The molecule has 1 saturated heterocycles. The van der Waals surface area contributed by atoms with Gasteiger partial charge in [0, 0.05) is 20.2 Å². The summed E-state index contributed by atoms with van der Waals surface area (Å²) in [6.07, 6.45) is 2.19. The predicted molar refractivity (Wildman–Crippen MR) is 126 cm³/mol. The summed E-state index contributed by atoms with van der Waals surface area (Å²) in [5.41, 5.74) is 1.21. The van der Waals surface area contributed by atoms with Crippen LogP contribution in [-0.2, 0) is 19.6 Å². The number of carbonyl (C=O) groups excluding carboxylic acids is 2. The third-order valence-electron chi connectivity index (χ3n) is 5.32. The van der Waals surface area contributed by atoms with Gasteiger partial charge in [0.2, 0.25) is 10.0 Å². The number of anilines is 2. The van der Waals surface area contributed by atoms with Gasteiger partial charge < -0.3 is 20.1 Å². The lowest BCUT2D eigenvalue weighted by Crippen LogP contribution is -2.34. The molecule has 178 valence electrons. The molecule has 1 heterocycles. The standard InChI is InChI=1S/C23H29N3O6S/c1-16(32-18-12-10-17(11-13-18)26(2)33(3,29)30)22(27)25-21-9-5-4-8-20(21)23(28)24-15-19-7-6-14-31-19/h4-5,8-13,16,19H,6-7,14-15H2,1-3H3,(H,24,28)(H,25,27)/t16-,19-/m0/s1. The normalized spacial score (nSPS) is 16.6. The number of hydrogen-bond donors (Lipinski definition) is 2. The summed E-state index contributed by atoms with van der Waals surface area (Å²) in [6.45, 7) is 2.72. The van der Waals surface area contributed by atoms with E-state index in [0.29, 0.717) is 35.8 Å². The minimum absolute atomic E-state index is 0.0211. The van der Waals surface area contributed by atoms with E-state index in [0.717, 1.165) is 23.4 Å². The maximum Gasteiger partial charge on any atom is 0.265 e. The smallest absolute Gasteiger partial charge is 0.265 e. The van der Waals surface area contributed by atoms with Crippen LogP contribution in [0.2, 0.25) is 0 Å². The van der Waals surface area contributed by atoms with Gasteiger partial charge >= 0.3 is 0 Å². The molecule has 0 spiro atoms. The lowest BCUT2D eigenvalue weighted by Gasteiger charge is -2.19. The molecule has 0 unspecified atom stereocenters. The lowest BCUT2D eigenvalue weighted by atomic mass is 10.1. The van der Waals surface area contributed by atoms with Crippen LogP contribution in [0, 0.1) is 0 Å². The van der Waals surface area contributed by atoms with E-state index in [-0.39, 0.29) is 12.0 Å². The fourth-order valence-corrected chi connectivity index (χ4v) is 3.82. The van der Waals surface area contributed by atoms with E-state index >= 15 is 0 Å². The molecule has 0 radical (unpaired) electrons. The highest BCUT2D eigenvalue weighted by molar-refractivity contribution is 7.92. The summed E-state index contributed by atoms with van der Waals surface area (Å²) in [6, 6.07) is 13.1. The third kappa shape index (κ3) is 6.69. The van der Waals surface area contributed by atoms with Crippen molar-refractivity contribution in [2.24, 2.45) is 0 Å². The molecule has 2 aromatic carbocycles. The highest BCUT2D eigenvalue weighted by Crippen LogP contribution is 2.22. The van der Waals surface area contributed by atoms with Crippen LogP contribution in [0.5, 0.6) is 5.75 Å². The molecule has 3 rings (SSSR count). The molecule has 1 aliphatic heterocycles. The number of ether oxygens (including phenoxy) is 2. The molecule has 33 heavy (non-hydrogen) atoms. The largest absolute Gasteiger partial charge is 0.481 e. The van der Waals surface area contributed by atoms with Crippen molar-refractivity contribution >= 4 is 33.2 Å². The van der Waals surface area contributed by atoms with Crippen molar-refractivity contribution in [1.29, 1.82) is 0 Å². The molecule has 10 heteroatoms. The average Bonchev–Trinajstić information content (AvgIpc) is 3.31. The Morgan fingerprint density at radius 1 is 1.18 bits per heavy atom. The highest BCUT2D eigenvalue weighted by atomic mass is 32.2. The molecule has 2 N–H and O–H groups in total. The number of rotatable bonds is 9. The summed E-state index contributed by atoms with van der Waals surface area (Å²) in [5, 5.41) is 5.60. The summed E-state index contributed by atoms with van der Waals surface area (Å²) >= 11 is 0. The molecule has 1 aliphatic rings. The topological polar surface area (TPSA) is 114 Å². The molecule has 9 nitrogen and oxygen atoms in total. The van der Waals surface area contributed by atoms with Crippen LogP contribution >= 0.6 is 0 Å². The van der Waals surface area contributed by atoms with Crippen molar-refractivity contribution in [1.82, 2.24) is 5.32 Å². The summed E-state index contributed by atoms with van der Waals surface area (Å²) in [5.74, 6) is -0.307. The van der Waals surface area contributed by atoms with E-state index in [9.17, 15) is 18.0 Å². The summed E-state index contributed by atoms with van der Waals surface area (Å²) in [7, 11) is -1.92. The van der Waals surface area contributed by atoms with Crippen LogP contribution in [-0.4, -0.2) is 58.9 Å². The number of hydrogen-bond acceptors (Lipinski definition) is 6. The molecule has 0 aromatic heterocycles. The first kappa shape index (κ1) is 24.5. The molecule has 0 bridgehead atoms. The Hall–Kier alpha value is -3.11. The molecular formula is C23H29N3O6S. The number of nitrogens with zero attached hydrogens (tertiary/aromatic N) is 1. The Morgan fingerprint density at radius 3 is 2.52 bits per heavy atom. The van der Waals surface area contributed by atoms with Crippen LogP contribution in [0.3, 0.4) is 0 Å². The van der Waals surface area contributed by atoms with Gasteiger partial charge in [-0.05, 0) is 56.2 Å². The Bertz CT molecular complexity index is 1080. The van der Waals surface area contributed by atoms with Crippen molar-refractivity contribution in [3.05, 3.63) is 54.1 Å². The van der Waals surface area contributed by atoms with Crippen LogP contribution in [0.1, 0.15) is 30.1 Å². The first-order valence-electron chi connectivity index (χ1n) is 10.7. The van der Waals surface area contributed by atoms with Gasteiger partial charge in [0.15, 0.2) is 6.10 Å². The molecule has 0 saturated carbocycles. The average molecular weight is 476 g/mol. The fraction of sp³-hybridized carbons (Fsp3) is 0.391. The molecule has 0 aliphatic carbocycles. The maximum absolute atomic E-state index is 12.7. The zero-order valence-corrected chi connectivity index (χ0v) is 19.7. The van der Waals surface area contributed by atoms with Crippen LogP contribution < -0.4 is 19.7 Å². The second-order valence-electron chi connectivity index (χ2n) is 7.86. The van der Waals surface area contributed by atoms with E-state index in [1.807, 2.05) is 0 Å². The monoisotopic (exact) mass is 475 g/mol. The van der Waals surface area contributed by atoms with E-state index in [1.54, 1.807) is 55.5 Å². The first-order valence-corrected chi connectivity index (χ1v) is 12.5. The molecule has 2 atom stereocenters. The van der Waals surface area contributed by atoms with E-state index in [1.165, 1.54) is 7.05 Å². The Kier molecular flexibility index (Phi) is 7.93. The van der Waals surface area contributed by atoms with Gasteiger partial charge in [0.05, 0.1) is 29.3 Å². The fourth-order valence-electron chi connectivity index (χ4n) is 3.32. The molecule has 2 amide bonds. The minimum Gasteiger partial charge on any atom is -0.481 e. The minimum atomic E-state index is -3.37. The first-order chi connectivity index (χ1) is 15.6. The number of nitrogens with one attached hydrogen (secondary N) is 2. The lowest BCUT2D eigenvalue weighted by molar-refractivity contribution is -0.122. The summed E-state index contributed by atoms with van der Waals surface area (Å²) in [4.78, 5) is 25.3. The van der Waals surface area contributed by atoms with Crippen molar-refractivity contribution in [3.63, 3.8) is 0 Å². The van der Waals surface area contributed by atoms with Crippen molar-refractivity contribution < 1.29 is 27.5 Å². The Balaban J connectivity index is 1.60. The maximum atomic E-state index is 12.7. The third-order valence-corrected chi connectivity index (χ3v) is 6.53. The quantitative estimate of drug-likeness (QED) is 0.576. The SMILES string of the molecule is C[C@H](Oc1ccc(N(C)S(C)(=O)=O)cc1)C(=O)Nc1ccccc1C(=O)NC[C@@H]1CCCO1.